The van der Waals surface area contributed by atoms with Crippen LogP contribution in [0.4, 0.5) is 4.39 Å². The second-order valence-corrected chi connectivity index (χ2v) is 6.37. The van der Waals surface area contributed by atoms with Gasteiger partial charge < -0.3 is 10.6 Å². The highest BCUT2D eigenvalue weighted by molar-refractivity contribution is 7.11. The molecule has 2 aromatic rings. The quantitative estimate of drug-likeness (QED) is 0.658. The summed E-state index contributed by atoms with van der Waals surface area (Å²) in [6.07, 6.45) is 2.75. The van der Waals surface area contributed by atoms with Crippen LogP contribution < -0.4 is 10.6 Å². The molecule has 0 radical (unpaired) electrons. The Bertz CT molecular complexity index is 651. The average Bonchev–Trinajstić information content (AvgIpc) is 2.91. The van der Waals surface area contributed by atoms with Crippen molar-refractivity contribution in [1.29, 1.82) is 0 Å². The lowest BCUT2D eigenvalue weighted by molar-refractivity contribution is 0.615. The normalized spacial score (nSPS) is 11.5. The fraction of sp³-hybridized carbons (Fsp3) is 0.375. The molecule has 0 aliphatic carbocycles. The van der Waals surface area contributed by atoms with Crippen LogP contribution in [0, 0.1) is 19.7 Å². The van der Waals surface area contributed by atoms with Crippen LogP contribution in [0.3, 0.4) is 0 Å². The highest BCUT2D eigenvalue weighted by atomic mass is 32.1. The molecule has 0 atom stereocenters. The van der Waals surface area contributed by atoms with E-state index in [1.54, 1.807) is 37.4 Å². The number of aryl methyl sites for hydroxylation is 2. The summed E-state index contributed by atoms with van der Waals surface area (Å²) in [7, 11) is 1.72. The van der Waals surface area contributed by atoms with Crippen LogP contribution >= 0.6 is 11.3 Å². The molecule has 0 aliphatic heterocycles. The summed E-state index contributed by atoms with van der Waals surface area (Å²) in [4.78, 5) is 9.71. The molecule has 2 N–H and O–H groups in total. The first-order valence-electron chi connectivity index (χ1n) is 7.19. The van der Waals surface area contributed by atoms with E-state index in [0.717, 1.165) is 23.5 Å². The zero-order valence-electron chi connectivity index (χ0n) is 13.1. The van der Waals surface area contributed by atoms with Crippen molar-refractivity contribution in [1.82, 2.24) is 15.6 Å². The van der Waals surface area contributed by atoms with E-state index in [1.165, 1.54) is 4.88 Å². The number of nitrogens with zero attached hydrogens (tertiary/aromatic N) is 2. The Kier molecular flexibility index (Phi) is 5.89. The van der Waals surface area contributed by atoms with Gasteiger partial charge >= 0.3 is 0 Å². The Morgan fingerprint density at radius 3 is 2.77 bits per heavy atom. The van der Waals surface area contributed by atoms with E-state index in [-0.39, 0.29) is 5.82 Å². The van der Waals surface area contributed by atoms with Crippen LogP contribution in [-0.4, -0.2) is 24.5 Å². The van der Waals surface area contributed by atoms with Gasteiger partial charge in [-0.25, -0.2) is 9.37 Å². The highest BCUT2D eigenvalue weighted by Gasteiger charge is 2.03. The van der Waals surface area contributed by atoms with E-state index in [0.29, 0.717) is 18.1 Å². The molecule has 0 fully saturated rings. The summed E-state index contributed by atoms with van der Waals surface area (Å²) in [5.41, 5.74) is 1.55. The third kappa shape index (κ3) is 4.80. The Hall–Kier alpha value is -1.95. The van der Waals surface area contributed by atoms with Gasteiger partial charge in [-0.3, -0.25) is 4.99 Å². The molecule has 1 aromatic heterocycles. The molecule has 0 spiro atoms. The first kappa shape index (κ1) is 16.4. The fourth-order valence-electron chi connectivity index (χ4n) is 1.96. The van der Waals surface area contributed by atoms with Gasteiger partial charge in [0.2, 0.25) is 0 Å². The van der Waals surface area contributed by atoms with Crippen LogP contribution in [0.5, 0.6) is 0 Å². The van der Waals surface area contributed by atoms with E-state index in [1.807, 2.05) is 12.3 Å². The molecule has 4 nitrogen and oxygen atoms in total. The van der Waals surface area contributed by atoms with Crippen molar-refractivity contribution in [2.75, 3.05) is 13.6 Å². The maximum Gasteiger partial charge on any atom is 0.191 e. The molecule has 1 heterocycles. The number of nitrogens with one attached hydrogen (secondary N) is 2. The minimum absolute atomic E-state index is 0.179. The summed E-state index contributed by atoms with van der Waals surface area (Å²) in [5.74, 6) is 0.524. The molecule has 6 heteroatoms. The van der Waals surface area contributed by atoms with Gasteiger partial charge in [0.15, 0.2) is 5.96 Å². The summed E-state index contributed by atoms with van der Waals surface area (Å²) >= 11 is 1.71. The van der Waals surface area contributed by atoms with Crippen molar-refractivity contribution in [2.24, 2.45) is 4.99 Å². The molecular weight excluding hydrogens is 299 g/mol. The van der Waals surface area contributed by atoms with Crippen molar-refractivity contribution < 1.29 is 4.39 Å². The highest BCUT2D eigenvalue weighted by Crippen LogP contribution is 2.11. The minimum Gasteiger partial charge on any atom is -0.356 e. The van der Waals surface area contributed by atoms with Gasteiger partial charge in [-0.2, -0.15) is 0 Å². The Morgan fingerprint density at radius 1 is 1.32 bits per heavy atom. The molecule has 0 saturated heterocycles. The Morgan fingerprint density at radius 2 is 2.14 bits per heavy atom. The van der Waals surface area contributed by atoms with Crippen molar-refractivity contribution in [2.45, 2.75) is 26.8 Å². The van der Waals surface area contributed by atoms with E-state index in [9.17, 15) is 4.39 Å². The molecule has 0 unspecified atom stereocenters. The number of aliphatic imine (C=N–C) groups is 1. The topological polar surface area (TPSA) is 49.3 Å². The number of benzene rings is 1. The lowest BCUT2D eigenvalue weighted by atomic mass is 10.1. The van der Waals surface area contributed by atoms with Gasteiger partial charge in [-0.15, -0.1) is 11.3 Å². The second kappa shape index (κ2) is 7.89. The Balaban J connectivity index is 1.78. The molecule has 118 valence electrons. The average molecular weight is 320 g/mol. The maximum atomic E-state index is 13.5. The van der Waals surface area contributed by atoms with Crippen LogP contribution in [0.1, 0.15) is 21.0 Å². The second-order valence-electron chi connectivity index (χ2n) is 5.05. The number of aromatic nitrogens is 1. The monoisotopic (exact) mass is 320 g/mol. The molecular formula is C16H21FN4S. The number of thiazole rings is 1. The third-order valence-electron chi connectivity index (χ3n) is 3.22. The number of hydrogen-bond donors (Lipinski definition) is 2. The summed E-state index contributed by atoms with van der Waals surface area (Å²) in [6, 6.07) is 5.25. The van der Waals surface area contributed by atoms with E-state index in [2.05, 4.69) is 27.5 Å². The number of hydrogen-bond acceptors (Lipinski definition) is 3. The van der Waals surface area contributed by atoms with Crippen LogP contribution in [0.15, 0.2) is 29.4 Å². The standard InChI is InChI=1S/C16H21FN4S/c1-11-4-5-13(8-14(11)17)10-21-16(18-3)19-7-6-15-20-9-12(2)22-15/h4-5,8-9H,6-7,10H2,1-3H3,(H2,18,19,21). The van der Waals surface area contributed by atoms with Gasteiger partial charge in [0.1, 0.15) is 5.82 Å². The predicted molar refractivity (Wildman–Crippen MR) is 89.9 cm³/mol. The summed E-state index contributed by atoms with van der Waals surface area (Å²) < 4.78 is 13.5. The predicted octanol–water partition coefficient (Wildman–Crippen LogP) is 2.81. The first-order chi connectivity index (χ1) is 10.6. The molecule has 2 rings (SSSR count). The van der Waals surface area contributed by atoms with E-state index in [4.69, 9.17) is 0 Å². The molecule has 0 aliphatic rings. The van der Waals surface area contributed by atoms with Crippen molar-refractivity contribution in [3.8, 4) is 0 Å². The summed E-state index contributed by atoms with van der Waals surface area (Å²) in [5, 5.41) is 7.53. The molecule has 22 heavy (non-hydrogen) atoms. The van der Waals surface area contributed by atoms with E-state index < -0.39 is 0 Å². The fourth-order valence-corrected chi connectivity index (χ4v) is 2.74. The van der Waals surface area contributed by atoms with Gasteiger partial charge in [-0.05, 0) is 31.0 Å². The van der Waals surface area contributed by atoms with Gasteiger partial charge in [0, 0.05) is 37.6 Å². The molecule has 1 aromatic carbocycles. The Labute approximate surface area is 134 Å². The first-order valence-corrected chi connectivity index (χ1v) is 8.01. The number of rotatable bonds is 5. The van der Waals surface area contributed by atoms with Crippen LogP contribution in [-0.2, 0) is 13.0 Å². The lowest BCUT2D eigenvalue weighted by Gasteiger charge is -2.11. The van der Waals surface area contributed by atoms with Crippen molar-refractivity contribution in [3.63, 3.8) is 0 Å². The van der Waals surface area contributed by atoms with Crippen LogP contribution in [0.2, 0.25) is 0 Å². The van der Waals surface area contributed by atoms with Crippen LogP contribution in [0.25, 0.3) is 0 Å². The van der Waals surface area contributed by atoms with Crippen molar-refractivity contribution in [3.05, 3.63) is 51.2 Å². The maximum absolute atomic E-state index is 13.5. The largest absolute Gasteiger partial charge is 0.356 e. The minimum atomic E-state index is -0.179. The lowest BCUT2D eigenvalue weighted by Crippen LogP contribution is -2.37. The van der Waals surface area contributed by atoms with Gasteiger partial charge in [-0.1, -0.05) is 12.1 Å². The number of halogens is 1. The molecule has 0 bridgehead atoms. The zero-order chi connectivity index (χ0) is 15.9. The smallest absolute Gasteiger partial charge is 0.191 e. The van der Waals surface area contributed by atoms with Gasteiger partial charge in [0.05, 0.1) is 5.01 Å². The SMILES string of the molecule is CN=C(NCCc1ncc(C)s1)NCc1ccc(C)c(F)c1. The zero-order valence-corrected chi connectivity index (χ0v) is 13.9. The third-order valence-corrected chi connectivity index (χ3v) is 4.19. The summed E-state index contributed by atoms with van der Waals surface area (Å²) in [6.45, 7) is 5.10. The van der Waals surface area contributed by atoms with Gasteiger partial charge in [0.25, 0.3) is 0 Å². The molecule has 0 amide bonds. The van der Waals surface area contributed by atoms with Crippen molar-refractivity contribution >= 4 is 17.3 Å². The number of guanidine groups is 1. The van der Waals surface area contributed by atoms with E-state index >= 15 is 0 Å². The molecule has 0 saturated carbocycles.